The lowest BCUT2D eigenvalue weighted by molar-refractivity contribution is -0.0451. The minimum Gasteiger partial charge on any atom is -0.360 e. The number of benzene rings is 2. The topological polar surface area (TPSA) is 62.7 Å². The zero-order valence-corrected chi connectivity index (χ0v) is 35.3. The van der Waals surface area contributed by atoms with Crippen LogP contribution in [-0.2, 0) is 18.9 Å². The van der Waals surface area contributed by atoms with Crippen LogP contribution in [0.1, 0.15) is 48.5 Å². The van der Waals surface area contributed by atoms with E-state index in [-0.39, 0.29) is 11.8 Å². The summed E-state index contributed by atoms with van der Waals surface area (Å²) in [5.41, 5.74) is 3.32. The Morgan fingerprint density at radius 1 is 0.622 bits per heavy atom. The number of hydrogen-bond acceptors (Lipinski definition) is 13. The van der Waals surface area contributed by atoms with E-state index in [0.29, 0.717) is 22.9 Å². The van der Waals surface area contributed by atoms with E-state index < -0.39 is 19.0 Å². The molecular formula is C30H44N2O4S7Si2. The van der Waals surface area contributed by atoms with Gasteiger partial charge in [-0.25, -0.2) is 9.97 Å². The fourth-order valence-corrected chi connectivity index (χ4v) is 22.1. The Balaban J connectivity index is 1.35. The third-order valence-corrected chi connectivity index (χ3v) is 24.8. The van der Waals surface area contributed by atoms with Crippen LogP contribution in [0.15, 0.2) is 48.5 Å². The van der Waals surface area contributed by atoms with Gasteiger partial charge in [0.25, 0.3) is 0 Å². The van der Waals surface area contributed by atoms with Crippen molar-refractivity contribution in [1.82, 2.24) is 9.97 Å². The molecule has 0 saturated carbocycles. The Labute approximate surface area is 299 Å². The summed E-state index contributed by atoms with van der Waals surface area (Å²) < 4.78 is 25.2. The largest absolute Gasteiger partial charge is 0.360 e. The molecule has 0 amide bonds. The van der Waals surface area contributed by atoms with Gasteiger partial charge in [0.2, 0.25) is 0 Å². The average molecular weight is 777 g/mol. The van der Waals surface area contributed by atoms with E-state index >= 15 is 0 Å². The fraction of sp³-hybridized carbons (Fsp3) is 0.533. The molecule has 2 aromatic carbocycles. The molecule has 0 saturated heterocycles. The fourth-order valence-electron chi connectivity index (χ4n) is 5.47. The number of ether oxygens (including phenoxy) is 4. The summed E-state index contributed by atoms with van der Waals surface area (Å²) in [6.45, 7) is 4.60. The average Bonchev–Trinajstić information content (AvgIpc) is 3.71. The van der Waals surface area contributed by atoms with Crippen LogP contribution in [0, 0.1) is 0 Å². The summed E-state index contributed by atoms with van der Waals surface area (Å²) in [4.78, 5) is 10.2. The minimum absolute atomic E-state index is 0.0627. The Kier molecular flexibility index (Phi) is 17.5. The summed E-state index contributed by atoms with van der Waals surface area (Å²) in [6.07, 6.45) is 2.22. The second-order valence-electron chi connectivity index (χ2n) is 10.6. The Hall–Kier alpha value is 0.244. The molecule has 0 spiro atoms. The number of methoxy groups -OCH3 is 4. The molecule has 45 heavy (non-hydrogen) atoms. The van der Waals surface area contributed by atoms with E-state index in [1.807, 2.05) is 73.7 Å². The van der Waals surface area contributed by atoms with Crippen molar-refractivity contribution in [3.63, 3.8) is 0 Å². The van der Waals surface area contributed by atoms with Gasteiger partial charge >= 0.3 is 0 Å². The van der Waals surface area contributed by atoms with Gasteiger partial charge in [-0.2, -0.15) is 0 Å². The molecule has 0 N–H and O–H groups in total. The van der Waals surface area contributed by atoms with E-state index in [0.717, 1.165) is 35.4 Å². The van der Waals surface area contributed by atoms with Gasteiger partial charge in [0.15, 0.2) is 0 Å². The summed E-state index contributed by atoms with van der Waals surface area (Å²) >= 11 is 3.70. The van der Waals surface area contributed by atoms with E-state index in [1.165, 1.54) is 19.4 Å². The summed E-state index contributed by atoms with van der Waals surface area (Å²) in [5.74, 6) is 2.73. The molecule has 0 aliphatic carbocycles. The Bertz CT molecular complexity index is 1240. The summed E-state index contributed by atoms with van der Waals surface area (Å²) in [7, 11) is 15.3. The van der Waals surface area contributed by atoms with Crippen LogP contribution in [0.5, 0.6) is 0 Å². The zero-order chi connectivity index (χ0) is 32.0. The lowest BCUT2D eigenvalue weighted by atomic mass is 10.1. The first-order valence-electron chi connectivity index (χ1n) is 15.1. The molecule has 4 unspecified atom stereocenters. The minimum atomic E-state index is -0.638. The summed E-state index contributed by atoms with van der Waals surface area (Å²) in [5, 5.41) is 2.50. The molecule has 0 aliphatic rings. The van der Waals surface area contributed by atoms with E-state index in [4.69, 9.17) is 28.9 Å². The first-order chi connectivity index (χ1) is 22.0. The maximum absolute atomic E-state index is 5.66. The van der Waals surface area contributed by atoms with Crippen LogP contribution < -0.4 is 0 Å². The highest BCUT2D eigenvalue weighted by molar-refractivity contribution is 9.35. The van der Waals surface area contributed by atoms with Crippen molar-refractivity contribution < 1.29 is 18.9 Å². The molecule has 0 radical (unpaired) electrons. The van der Waals surface area contributed by atoms with E-state index in [2.05, 4.69) is 62.4 Å². The molecular weight excluding hydrogens is 733 g/mol. The lowest BCUT2D eigenvalue weighted by Gasteiger charge is -2.27. The predicted octanol–water partition coefficient (Wildman–Crippen LogP) is 8.99. The maximum Gasteiger partial charge on any atom is 0.134 e. The van der Waals surface area contributed by atoms with Crippen LogP contribution in [0.2, 0.25) is 11.1 Å². The highest BCUT2D eigenvalue weighted by Crippen LogP contribution is 2.52. The van der Waals surface area contributed by atoms with Crippen molar-refractivity contribution in [1.29, 1.82) is 0 Å². The number of para-hydroxylation sites is 2. The van der Waals surface area contributed by atoms with Crippen molar-refractivity contribution in [2.75, 3.05) is 39.9 Å². The zero-order valence-electron chi connectivity index (χ0n) is 26.7. The van der Waals surface area contributed by atoms with Crippen molar-refractivity contribution >= 4 is 113 Å². The van der Waals surface area contributed by atoms with Crippen LogP contribution in [-0.4, -0.2) is 80.8 Å². The Morgan fingerprint density at radius 2 is 1.02 bits per heavy atom. The highest BCUT2D eigenvalue weighted by atomic mass is 33.8. The van der Waals surface area contributed by atoms with Crippen molar-refractivity contribution in [2.45, 2.75) is 61.4 Å². The number of hydrogen-bond donors (Lipinski definition) is 0. The smallest absolute Gasteiger partial charge is 0.134 e. The number of rotatable bonds is 22. The van der Waals surface area contributed by atoms with Crippen molar-refractivity contribution in [3.8, 4) is 0 Å². The van der Waals surface area contributed by atoms with Crippen molar-refractivity contribution in [3.05, 3.63) is 58.5 Å². The van der Waals surface area contributed by atoms with Crippen LogP contribution in [0.25, 0.3) is 20.4 Å². The van der Waals surface area contributed by atoms with Gasteiger partial charge in [0.1, 0.15) is 11.8 Å². The predicted molar refractivity (Wildman–Crippen MR) is 213 cm³/mol. The molecule has 15 heteroatoms. The normalized spacial score (nSPS) is 15.5. The first-order valence-corrected chi connectivity index (χ1v) is 26.5. The van der Waals surface area contributed by atoms with Gasteiger partial charge < -0.3 is 18.9 Å². The lowest BCUT2D eigenvalue weighted by Crippen LogP contribution is -2.28. The number of aromatic nitrogens is 2. The SMILES string of the molecule is CCC([SiH2]C(OC)OC)C(CSSSSSCC(c1nc2ccccc2s1)C(CC)[SiH2]C(OC)OC)c1nc2ccccc2s1. The molecule has 4 rings (SSSR count). The van der Waals surface area contributed by atoms with E-state index in [9.17, 15) is 0 Å². The monoisotopic (exact) mass is 776 g/mol. The van der Waals surface area contributed by atoms with Gasteiger partial charge in [-0.1, -0.05) is 72.5 Å². The van der Waals surface area contributed by atoms with Gasteiger partial charge in [0.05, 0.1) is 49.5 Å². The van der Waals surface area contributed by atoms with E-state index in [1.54, 1.807) is 28.4 Å². The molecule has 2 heterocycles. The molecule has 2 aromatic heterocycles. The molecule has 4 atom stereocenters. The molecule has 248 valence electrons. The molecule has 0 fully saturated rings. The standard InChI is InChI=1S/C30H44N2O4S7Si2/c1-7-25(44-29(33-3)34-4)19(27-31-21-13-9-11-15-23(21)39-27)17-37-41-43-42-38-18-20(26(8-2)45-30(35-5)36-6)28-32-22-14-10-12-16-24(22)40-28/h9-16,19-20,25-26,29-30H,7-8,17-18,44-45H2,1-6H3. The first kappa shape index (κ1) is 38.1. The number of thiazole rings is 2. The third-order valence-electron chi connectivity index (χ3n) is 8.13. The summed E-state index contributed by atoms with van der Waals surface area (Å²) in [6, 6.07) is 17.0. The van der Waals surface area contributed by atoms with Gasteiger partial charge in [-0.15, -0.1) is 22.7 Å². The quantitative estimate of drug-likeness (QED) is 0.0333. The Morgan fingerprint density at radius 3 is 1.38 bits per heavy atom. The maximum atomic E-state index is 5.66. The second kappa shape index (κ2) is 20.7. The third kappa shape index (κ3) is 11.1. The van der Waals surface area contributed by atoms with Crippen LogP contribution in [0.3, 0.4) is 0 Å². The van der Waals surface area contributed by atoms with Gasteiger partial charge in [0, 0.05) is 51.8 Å². The van der Waals surface area contributed by atoms with Gasteiger partial charge in [-0.3, -0.25) is 0 Å². The van der Waals surface area contributed by atoms with Crippen LogP contribution >= 0.6 is 73.7 Å². The van der Waals surface area contributed by atoms with Gasteiger partial charge in [-0.05, 0) is 64.8 Å². The van der Waals surface area contributed by atoms with Crippen molar-refractivity contribution in [2.24, 2.45) is 0 Å². The molecule has 0 aliphatic heterocycles. The second-order valence-corrected chi connectivity index (χ2v) is 25.0. The highest BCUT2D eigenvalue weighted by Gasteiger charge is 2.30. The molecule has 6 nitrogen and oxygen atoms in total. The molecule has 4 aromatic rings. The number of nitrogens with zero attached hydrogens (tertiary/aromatic N) is 2. The van der Waals surface area contributed by atoms with Crippen LogP contribution in [0.4, 0.5) is 0 Å². The number of fused-ring (bicyclic) bond motifs is 2. The molecule has 0 bridgehead atoms.